The van der Waals surface area contributed by atoms with Gasteiger partial charge in [0.1, 0.15) is 0 Å². The number of nitrogens with zero attached hydrogens (tertiary/aromatic N) is 3. The number of carbonyl (C=O) groups is 1. The van der Waals surface area contributed by atoms with Gasteiger partial charge >= 0.3 is 0 Å². The minimum absolute atomic E-state index is 0.0704. The van der Waals surface area contributed by atoms with Gasteiger partial charge in [0.25, 0.3) is 5.56 Å². The third-order valence-electron chi connectivity index (χ3n) is 5.50. The molecule has 4 rings (SSSR count). The van der Waals surface area contributed by atoms with Crippen LogP contribution in [-0.2, 0) is 24.3 Å². The SMILES string of the molecule is CC(C)Cn1c(SC(C)C(=O)N2CCc3ccccc3C2)nc2ccc(Cl)cc2c1=O. The number of carbonyl (C=O) groups excluding carboxylic acids is 1. The molecule has 0 spiro atoms. The Morgan fingerprint density at radius 2 is 1.90 bits per heavy atom. The molecule has 162 valence electrons. The Balaban J connectivity index is 1.62. The van der Waals surface area contributed by atoms with Crippen LogP contribution < -0.4 is 5.56 Å². The van der Waals surface area contributed by atoms with Crippen molar-refractivity contribution in [3.8, 4) is 0 Å². The fraction of sp³-hybridized carbons (Fsp3) is 0.375. The zero-order valence-corrected chi connectivity index (χ0v) is 19.5. The Morgan fingerprint density at radius 3 is 2.65 bits per heavy atom. The molecule has 5 nitrogen and oxygen atoms in total. The molecule has 1 amide bonds. The highest BCUT2D eigenvalue weighted by Gasteiger charge is 2.27. The fourth-order valence-corrected chi connectivity index (χ4v) is 5.11. The van der Waals surface area contributed by atoms with Crippen LogP contribution in [0.5, 0.6) is 0 Å². The zero-order valence-electron chi connectivity index (χ0n) is 18.0. The first kappa shape index (κ1) is 21.9. The van der Waals surface area contributed by atoms with E-state index in [4.69, 9.17) is 16.6 Å². The smallest absolute Gasteiger partial charge is 0.262 e. The topological polar surface area (TPSA) is 55.2 Å². The van der Waals surface area contributed by atoms with Crippen LogP contribution in [0.3, 0.4) is 0 Å². The van der Waals surface area contributed by atoms with Crippen molar-refractivity contribution >= 4 is 40.2 Å². The number of amides is 1. The second-order valence-electron chi connectivity index (χ2n) is 8.40. The Bertz CT molecular complexity index is 1190. The molecule has 31 heavy (non-hydrogen) atoms. The van der Waals surface area contributed by atoms with Crippen molar-refractivity contribution < 1.29 is 4.79 Å². The summed E-state index contributed by atoms with van der Waals surface area (Å²) >= 11 is 7.46. The maximum Gasteiger partial charge on any atom is 0.262 e. The lowest BCUT2D eigenvalue weighted by Gasteiger charge is -2.30. The minimum atomic E-state index is -0.347. The summed E-state index contributed by atoms with van der Waals surface area (Å²) in [7, 11) is 0. The number of fused-ring (bicyclic) bond motifs is 2. The van der Waals surface area contributed by atoms with Crippen molar-refractivity contribution in [1.29, 1.82) is 0 Å². The van der Waals surface area contributed by atoms with Crippen LogP contribution in [0.2, 0.25) is 5.02 Å². The molecule has 0 fully saturated rings. The average Bonchev–Trinajstić information content (AvgIpc) is 2.75. The third-order valence-corrected chi connectivity index (χ3v) is 6.81. The molecule has 1 unspecified atom stereocenters. The van der Waals surface area contributed by atoms with Gasteiger partial charge in [0.15, 0.2) is 5.16 Å². The predicted octanol–water partition coefficient (Wildman–Crippen LogP) is 4.77. The molecular weight excluding hydrogens is 430 g/mol. The number of rotatable bonds is 5. The van der Waals surface area contributed by atoms with E-state index in [1.54, 1.807) is 22.8 Å². The number of thioether (sulfide) groups is 1. The van der Waals surface area contributed by atoms with Gasteiger partial charge in [-0.15, -0.1) is 0 Å². The summed E-state index contributed by atoms with van der Waals surface area (Å²) in [5.41, 5.74) is 3.00. The lowest BCUT2D eigenvalue weighted by Crippen LogP contribution is -2.40. The van der Waals surface area contributed by atoms with Gasteiger partial charge in [0, 0.05) is 24.7 Å². The number of halogens is 1. The van der Waals surface area contributed by atoms with Gasteiger partial charge in [0.2, 0.25) is 5.91 Å². The molecule has 2 heterocycles. The fourth-order valence-electron chi connectivity index (χ4n) is 3.94. The molecule has 0 radical (unpaired) electrons. The monoisotopic (exact) mass is 455 g/mol. The second-order valence-corrected chi connectivity index (χ2v) is 10.1. The minimum Gasteiger partial charge on any atom is -0.337 e. The Morgan fingerprint density at radius 1 is 1.16 bits per heavy atom. The predicted molar refractivity (Wildman–Crippen MR) is 127 cm³/mol. The van der Waals surface area contributed by atoms with Crippen LogP contribution in [0.4, 0.5) is 0 Å². The maximum absolute atomic E-state index is 13.2. The Labute approximate surface area is 191 Å². The first-order valence-corrected chi connectivity index (χ1v) is 11.8. The van der Waals surface area contributed by atoms with Crippen molar-refractivity contribution in [2.24, 2.45) is 5.92 Å². The summed E-state index contributed by atoms with van der Waals surface area (Å²) in [4.78, 5) is 33.0. The van der Waals surface area contributed by atoms with E-state index in [-0.39, 0.29) is 22.6 Å². The van der Waals surface area contributed by atoms with E-state index < -0.39 is 0 Å². The van der Waals surface area contributed by atoms with Crippen molar-refractivity contribution in [2.45, 2.75) is 50.7 Å². The summed E-state index contributed by atoms with van der Waals surface area (Å²) in [6.45, 7) is 7.89. The highest BCUT2D eigenvalue weighted by Crippen LogP contribution is 2.27. The van der Waals surface area contributed by atoms with E-state index in [0.717, 1.165) is 6.42 Å². The zero-order chi connectivity index (χ0) is 22.1. The van der Waals surface area contributed by atoms with E-state index in [9.17, 15) is 9.59 Å². The number of aromatic nitrogens is 2. The summed E-state index contributed by atoms with van der Waals surface area (Å²) < 4.78 is 1.68. The molecule has 7 heteroatoms. The van der Waals surface area contributed by atoms with Crippen LogP contribution in [-0.4, -0.2) is 32.2 Å². The normalized spacial score (nSPS) is 14.7. The Hall–Kier alpha value is -2.31. The van der Waals surface area contributed by atoms with Gasteiger partial charge in [-0.1, -0.05) is 61.5 Å². The van der Waals surface area contributed by atoms with Crippen LogP contribution >= 0.6 is 23.4 Å². The third kappa shape index (κ3) is 4.65. The number of hydrogen-bond donors (Lipinski definition) is 0. The first-order valence-electron chi connectivity index (χ1n) is 10.6. The van der Waals surface area contributed by atoms with Crippen molar-refractivity contribution in [3.05, 3.63) is 69.0 Å². The van der Waals surface area contributed by atoms with Crippen molar-refractivity contribution in [3.63, 3.8) is 0 Å². The van der Waals surface area contributed by atoms with Crippen LogP contribution in [0, 0.1) is 5.92 Å². The van der Waals surface area contributed by atoms with Crippen molar-refractivity contribution in [1.82, 2.24) is 14.5 Å². The largest absolute Gasteiger partial charge is 0.337 e. The van der Waals surface area contributed by atoms with Gasteiger partial charge in [-0.2, -0.15) is 0 Å². The van der Waals surface area contributed by atoms with E-state index in [2.05, 4.69) is 26.0 Å². The number of benzene rings is 2. The molecule has 0 saturated carbocycles. The summed E-state index contributed by atoms with van der Waals surface area (Å²) in [5.74, 6) is 0.334. The summed E-state index contributed by atoms with van der Waals surface area (Å²) in [6, 6.07) is 13.4. The highest BCUT2D eigenvalue weighted by atomic mass is 35.5. The molecule has 1 aromatic heterocycles. The Kier molecular flexibility index (Phi) is 6.39. The molecule has 2 aromatic carbocycles. The van der Waals surface area contributed by atoms with E-state index in [1.165, 1.54) is 22.9 Å². The van der Waals surface area contributed by atoms with Crippen LogP contribution in [0.15, 0.2) is 52.4 Å². The number of hydrogen-bond acceptors (Lipinski definition) is 4. The van der Waals surface area contributed by atoms with Gasteiger partial charge in [0.05, 0.1) is 16.2 Å². The molecular formula is C24H26ClN3O2S. The first-order chi connectivity index (χ1) is 14.8. The molecule has 0 bridgehead atoms. The van der Waals surface area contributed by atoms with Gasteiger partial charge < -0.3 is 4.90 Å². The van der Waals surface area contributed by atoms with Crippen LogP contribution in [0.25, 0.3) is 10.9 Å². The highest BCUT2D eigenvalue weighted by molar-refractivity contribution is 8.00. The molecule has 0 aliphatic carbocycles. The summed E-state index contributed by atoms with van der Waals surface area (Å²) in [5, 5.41) is 1.24. The molecule has 1 atom stereocenters. The lowest BCUT2D eigenvalue weighted by molar-refractivity contribution is -0.131. The van der Waals surface area contributed by atoms with Gasteiger partial charge in [-0.3, -0.25) is 14.2 Å². The van der Waals surface area contributed by atoms with Gasteiger partial charge in [-0.05, 0) is 48.6 Å². The quantitative estimate of drug-likeness (QED) is 0.410. The molecule has 0 saturated heterocycles. The second kappa shape index (κ2) is 9.05. The standard InChI is InChI=1S/C24H26ClN3O2S/c1-15(2)13-28-23(30)20-12-19(25)8-9-21(20)26-24(28)31-16(3)22(29)27-11-10-17-6-4-5-7-18(17)14-27/h4-9,12,15-16H,10-11,13-14H2,1-3H3. The molecule has 3 aromatic rings. The van der Waals surface area contributed by atoms with E-state index in [1.807, 2.05) is 24.0 Å². The van der Waals surface area contributed by atoms with Gasteiger partial charge in [-0.25, -0.2) is 4.98 Å². The van der Waals surface area contributed by atoms with Crippen LogP contribution in [0.1, 0.15) is 31.9 Å². The molecule has 0 N–H and O–H groups in total. The van der Waals surface area contributed by atoms with E-state index in [0.29, 0.717) is 40.7 Å². The lowest BCUT2D eigenvalue weighted by atomic mass is 10.00. The van der Waals surface area contributed by atoms with E-state index >= 15 is 0 Å². The maximum atomic E-state index is 13.2. The average molecular weight is 456 g/mol. The molecule has 1 aliphatic rings. The summed E-state index contributed by atoms with van der Waals surface area (Å²) in [6.07, 6.45) is 0.867. The molecule has 1 aliphatic heterocycles. The van der Waals surface area contributed by atoms with Crippen molar-refractivity contribution in [2.75, 3.05) is 6.54 Å².